The summed E-state index contributed by atoms with van der Waals surface area (Å²) < 4.78 is 10.3. The van der Waals surface area contributed by atoms with Crippen molar-refractivity contribution in [2.24, 2.45) is 0 Å². The maximum Gasteiger partial charge on any atom is 0.262 e. The number of para-hydroxylation sites is 2. The van der Waals surface area contributed by atoms with Crippen LogP contribution in [0.25, 0.3) is 0 Å². The molecule has 9 heteroatoms. The summed E-state index contributed by atoms with van der Waals surface area (Å²) in [5.41, 5.74) is 1.21. The third kappa shape index (κ3) is 3.57. The van der Waals surface area contributed by atoms with Gasteiger partial charge in [-0.1, -0.05) is 29.4 Å². The molecule has 0 spiro atoms. The Morgan fingerprint density at radius 3 is 2.41 bits per heavy atom. The summed E-state index contributed by atoms with van der Waals surface area (Å²) in [5.74, 6) is -0.454. The fraction of sp³-hybridized carbons (Fsp3) is 0.150. The number of amides is 3. The summed E-state index contributed by atoms with van der Waals surface area (Å²) in [4.78, 5) is 42.2. The van der Waals surface area contributed by atoms with E-state index in [0.717, 1.165) is 4.90 Å². The van der Waals surface area contributed by atoms with E-state index >= 15 is 0 Å². The molecule has 0 bridgehead atoms. The van der Waals surface area contributed by atoms with Gasteiger partial charge in [0.25, 0.3) is 11.8 Å². The SMILES string of the molecule is COc1ccccc1NC(=O)Cc1noc(CN2C(=O)c3ccccc3C2=O)n1. The van der Waals surface area contributed by atoms with Crippen LogP contribution in [0.3, 0.4) is 0 Å². The molecule has 9 nitrogen and oxygen atoms in total. The number of aromatic nitrogens is 2. The molecule has 29 heavy (non-hydrogen) atoms. The number of carbonyl (C=O) groups is 3. The van der Waals surface area contributed by atoms with Gasteiger partial charge in [0.2, 0.25) is 11.8 Å². The molecule has 4 rings (SSSR count). The Morgan fingerprint density at radius 1 is 1.07 bits per heavy atom. The van der Waals surface area contributed by atoms with Crippen molar-refractivity contribution in [1.29, 1.82) is 0 Å². The van der Waals surface area contributed by atoms with Gasteiger partial charge in [-0.05, 0) is 24.3 Å². The van der Waals surface area contributed by atoms with Crippen LogP contribution in [0.2, 0.25) is 0 Å². The molecule has 2 heterocycles. The topological polar surface area (TPSA) is 115 Å². The van der Waals surface area contributed by atoms with E-state index in [0.29, 0.717) is 22.6 Å². The molecule has 0 aliphatic carbocycles. The molecule has 3 amide bonds. The first-order valence-corrected chi connectivity index (χ1v) is 8.76. The molecule has 0 radical (unpaired) electrons. The number of benzene rings is 2. The van der Waals surface area contributed by atoms with E-state index in [1.165, 1.54) is 7.11 Å². The molecule has 1 N–H and O–H groups in total. The summed E-state index contributed by atoms with van der Waals surface area (Å²) >= 11 is 0. The lowest BCUT2D eigenvalue weighted by atomic mass is 10.1. The average Bonchev–Trinajstić information content (AvgIpc) is 3.27. The number of imide groups is 1. The van der Waals surface area contributed by atoms with Gasteiger partial charge in [-0.3, -0.25) is 19.3 Å². The minimum Gasteiger partial charge on any atom is -0.495 e. The Balaban J connectivity index is 1.41. The van der Waals surface area contributed by atoms with Crippen LogP contribution in [0.5, 0.6) is 5.75 Å². The number of nitrogens with one attached hydrogen (secondary N) is 1. The number of nitrogens with zero attached hydrogens (tertiary/aromatic N) is 3. The van der Waals surface area contributed by atoms with Crippen molar-refractivity contribution in [3.8, 4) is 5.75 Å². The molecule has 2 aromatic carbocycles. The van der Waals surface area contributed by atoms with Crippen LogP contribution in [0.4, 0.5) is 5.69 Å². The zero-order chi connectivity index (χ0) is 20.4. The van der Waals surface area contributed by atoms with Gasteiger partial charge < -0.3 is 14.6 Å². The van der Waals surface area contributed by atoms with E-state index in [4.69, 9.17) is 9.26 Å². The van der Waals surface area contributed by atoms with Crippen molar-refractivity contribution >= 4 is 23.4 Å². The lowest BCUT2D eigenvalue weighted by Crippen LogP contribution is -2.29. The van der Waals surface area contributed by atoms with Crippen molar-refractivity contribution in [2.45, 2.75) is 13.0 Å². The molecule has 0 unspecified atom stereocenters. The molecule has 0 saturated carbocycles. The third-order valence-electron chi connectivity index (χ3n) is 4.38. The minimum absolute atomic E-state index is 0.0691. The standard InChI is InChI=1S/C20H16N4O5/c1-28-15-9-5-4-8-14(15)21-17(25)10-16-22-18(29-23-16)11-24-19(26)12-6-2-3-7-13(12)20(24)27/h2-9H,10-11H2,1H3,(H,21,25). The van der Waals surface area contributed by atoms with Crippen LogP contribution in [-0.2, 0) is 17.8 Å². The number of carbonyl (C=O) groups excluding carboxylic acids is 3. The Hall–Kier alpha value is -4.01. The Kier molecular flexibility index (Phi) is 4.78. The van der Waals surface area contributed by atoms with Crippen LogP contribution in [0, 0.1) is 0 Å². The van der Waals surface area contributed by atoms with Crippen LogP contribution in [0.15, 0.2) is 53.1 Å². The van der Waals surface area contributed by atoms with E-state index < -0.39 is 11.8 Å². The van der Waals surface area contributed by atoms with Gasteiger partial charge in [0.1, 0.15) is 12.3 Å². The van der Waals surface area contributed by atoms with Crippen molar-refractivity contribution in [2.75, 3.05) is 12.4 Å². The monoisotopic (exact) mass is 392 g/mol. The lowest BCUT2D eigenvalue weighted by molar-refractivity contribution is -0.115. The predicted molar refractivity (Wildman–Crippen MR) is 100 cm³/mol. The van der Waals surface area contributed by atoms with Crippen LogP contribution >= 0.6 is 0 Å². The molecule has 0 atom stereocenters. The molecule has 0 saturated heterocycles. The third-order valence-corrected chi connectivity index (χ3v) is 4.38. The number of rotatable bonds is 6. The largest absolute Gasteiger partial charge is 0.495 e. The van der Waals surface area contributed by atoms with E-state index in [-0.39, 0.29) is 30.6 Å². The van der Waals surface area contributed by atoms with Crippen LogP contribution in [0.1, 0.15) is 32.4 Å². The zero-order valence-electron chi connectivity index (χ0n) is 15.4. The molecule has 146 valence electrons. The van der Waals surface area contributed by atoms with Crippen molar-refractivity contribution in [3.05, 3.63) is 71.4 Å². The Morgan fingerprint density at radius 2 is 1.72 bits per heavy atom. The number of fused-ring (bicyclic) bond motifs is 1. The molecular weight excluding hydrogens is 376 g/mol. The highest BCUT2D eigenvalue weighted by atomic mass is 16.5. The fourth-order valence-electron chi connectivity index (χ4n) is 3.03. The molecule has 1 aliphatic rings. The first-order chi connectivity index (χ1) is 14.1. The number of hydrogen-bond donors (Lipinski definition) is 1. The first-order valence-electron chi connectivity index (χ1n) is 8.76. The molecular formula is C20H16N4O5. The fourth-order valence-corrected chi connectivity index (χ4v) is 3.03. The van der Waals surface area contributed by atoms with Crippen LogP contribution in [-0.4, -0.2) is 39.9 Å². The normalized spacial score (nSPS) is 12.8. The molecule has 0 fully saturated rings. The molecule has 3 aromatic rings. The first kappa shape index (κ1) is 18.4. The van der Waals surface area contributed by atoms with Gasteiger partial charge in [0.15, 0.2) is 5.82 Å². The van der Waals surface area contributed by atoms with Gasteiger partial charge >= 0.3 is 0 Å². The summed E-state index contributed by atoms with van der Waals surface area (Å²) in [6.45, 7) is -0.159. The lowest BCUT2D eigenvalue weighted by Gasteiger charge is -2.10. The summed E-state index contributed by atoms with van der Waals surface area (Å²) in [7, 11) is 1.51. The highest BCUT2D eigenvalue weighted by molar-refractivity contribution is 6.21. The van der Waals surface area contributed by atoms with Crippen molar-refractivity contribution in [1.82, 2.24) is 15.0 Å². The summed E-state index contributed by atoms with van der Waals surface area (Å²) in [5, 5.41) is 6.47. The average molecular weight is 392 g/mol. The maximum atomic E-state index is 12.4. The molecule has 1 aromatic heterocycles. The number of ether oxygens (including phenoxy) is 1. The van der Waals surface area contributed by atoms with Gasteiger partial charge in [-0.25, -0.2) is 0 Å². The van der Waals surface area contributed by atoms with E-state index in [1.807, 2.05) is 0 Å². The Labute approximate surface area is 165 Å². The number of methoxy groups -OCH3 is 1. The summed E-state index contributed by atoms with van der Waals surface area (Å²) in [6.07, 6.45) is -0.135. The number of anilines is 1. The van der Waals surface area contributed by atoms with Gasteiger partial charge in [0, 0.05) is 0 Å². The van der Waals surface area contributed by atoms with Crippen LogP contribution < -0.4 is 10.1 Å². The highest BCUT2D eigenvalue weighted by Crippen LogP contribution is 2.24. The van der Waals surface area contributed by atoms with Crippen molar-refractivity contribution in [3.63, 3.8) is 0 Å². The van der Waals surface area contributed by atoms with E-state index in [1.54, 1.807) is 48.5 Å². The second kappa shape index (κ2) is 7.55. The minimum atomic E-state index is -0.417. The quantitative estimate of drug-likeness (QED) is 0.639. The molecule has 1 aliphatic heterocycles. The van der Waals surface area contributed by atoms with E-state index in [9.17, 15) is 14.4 Å². The van der Waals surface area contributed by atoms with Gasteiger partial charge in [0.05, 0.1) is 30.3 Å². The Bertz CT molecular complexity index is 1070. The highest BCUT2D eigenvalue weighted by Gasteiger charge is 2.36. The van der Waals surface area contributed by atoms with Crippen molar-refractivity contribution < 1.29 is 23.6 Å². The predicted octanol–water partition coefficient (Wildman–Crippen LogP) is 2.06. The second-order valence-electron chi connectivity index (χ2n) is 6.27. The smallest absolute Gasteiger partial charge is 0.262 e. The summed E-state index contributed by atoms with van der Waals surface area (Å²) in [6, 6.07) is 13.6. The van der Waals surface area contributed by atoms with Gasteiger partial charge in [-0.2, -0.15) is 4.98 Å². The maximum absolute atomic E-state index is 12.4. The van der Waals surface area contributed by atoms with Gasteiger partial charge in [-0.15, -0.1) is 0 Å². The second-order valence-corrected chi connectivity index (χ2v) is 6.27. The zero-order valence-corrected chi connectivity index (χ0v) is 15.4. The number of hydrogen-bond acceptors (Lipinski definition) is 7. The van der Waals surface area contributed by atoms with E-state index in [2.05, 4.69) is 15.5 Å².